The van der Waals surface area contributed by atoms with E-state index in [9.17, 15) is 4.79 Å². The van der Waals surface area contributed by atoms with Gasteiger partial charge in [0, 0.05) is 17.5 Å². The Morgan fingerprint density at radius 3 is 2.75 bits per heavy atom. The number of aryl methyl sites for hydroxylation is 1. The summed E-state index contributed by atoms with van der Waals surface area (Å²) >= 11 is 4.82. The number of hydrogen-bond donors (Lipinski definition) is 1. The third-order valence-corrected chi connectivity index (χ3v) is 4.05. The molecule has 0 aliphatic carbocycles. The smallest absolute Gasteiger partial charge is 0.259 e. The van der Waals surface area contributed by atoms with E-state index in [0.29, 0.717) is 17.2 Å². The van der Waals surface area contributed by atoms with Crippen molar-refractivity contribution >= 4 is 32.2 Å². The molecule has 0 aliphatic heterocycles. The van der Waals surface area contributed by atoms with Gasteiger partial charge < -0.3 is 5.73 Å². The predicted molar refractivity (Wildman–Crippen MR) is 71.0 cm³/mol. The van der Waals surface area contributed by atoms with E-state index in [1.54, 1.807) is 4.40 Å². The van der Waals surface area contributed by atoms with Crippen molar-refractivity contribution in [3.63, 3.8) is 0 Å². The number of nitrogens with zero attached hydrogens (tertiary/aromatic N) is 2. The maximum absolute atomic E-state index is 11.6. The molecule has 4 nitrogen and oxygen atoms in total. The lowest BCUT2D eigenvalue weighted by atomic mass is 10.4. The fourth-order valence-electron chi connectivity index (χ4n) is 1.20. The predicted octanol–water partition coefficient (Wildman–Crippen LogP) is 2.31. The van der Waals surface area contributed by atoms with Gasteiger partial charge in [-0.15, -0.1) is 11.3 Å². The molecule has 0 atom stereocenters. The topological polar surface area (TPSA) is 60.4 Å². The van der Waals surface area contributed by atoms with E-state index in [4.69, 9.17) is 5.73 Å². The lowest BCUT2D eigenvalue weighted by molar-refractivity contribution is 0.946. The van der Waals surface area contributed by atoms with Crippen LogP contribution in [0.1, 0.15) is 24.4 Å². The van der Waals surface area contributed by atoms with Gasteiger partial charge >= 0.3 is 0 Å². The Balaban J connectivity index is 0.000000606. The molecule has 2 heterocycles. The summed E-state index contributed by atoms with van der Waals surface area (Å²) in [6.07, 6.45) is 0. The number of rotatable bonds is 1. The Morgan fingerprint density at radius 2 is 2.19 bits per heavy atom. The molecule has 88 valence electrons. The standard InChI is InChI=1S/C8H8BrN3OS.C2H6/c1-4-7(9)12-6(13)2-5(3-10)11-8(12)14-4;1-2/h2H,3,10H2,1H3;1-2H3. The van der Waals surface area contributed by atoms with Crippen LogP contribution in [0.5, 0.6) is 0 Å². The molecule has 0 bridgehead atoms. The van der Waals surface area contributed by atoms with Crippen molar-refractivity contribution < 1.29 is 0 Å². The molecular formula is C10H14BrN3OS. The molecule has 0 spiro atoms. The van der Waals surface area contributed by atoms with E-state index in [0.717, 1.165) is 9.48 Å². The van der Waals surface area contributed by atoms with E-state index in [-0.39, 0.29) is 5.56 Å². The SMILES string of the molecule is CC.Cc1sc2nc(CN)cc(=O)n2c1Br. The van der Waals surface area contributed by atoms with Gasteiger partial charge in [0.1, 0.15) is 4.60 Å². The summed E-state index contributed by atoms with van der Waals surface area (Å²) in [4.78, 5) is 17.6. The van der Waals surface area contributed by atoms with E-state index in [1.165, 1.54) is 17.4 Å². The van der Waals surface area contributed by atoms with Crippen LogP contribution in [0.3, 0.4) is 0 Å². The summed E-state index contributed by atoms with van der Waals surface area (Å²) in [5.41, 5.74) is 5.97. The van der Waals surface area contributed by atoms with Crippen molar-refractivity contribution in [1.82, 2.24) is 9.38 Å². The molecule has 16 heavy (non-hydrogen) atoms. The zero-order valence-corrected chi connectivity index (χ0v) is 11.9. The highest BCUT2D eigenvalue weighted by Gasteiger charge is 2.09. The molecule has 2 rings (SSSR count). The zero-order chi connectivity index (χ0) is 12.3. The van der Waals surface area contributed by atoms with Gasteiger partial charge in [0.15, 0.2) is 4.96 Å². The molecule has 0 aromatic carbocycles. The van der Waals surface area contributed by atoms with Crippen LogP contribution in [-0.2, 0) is 6.54 Å². The van der Waals surface area contributed by atoms with E-state index < -0.39 is 0 Å². The minimum atomic E-state index is -0.0910. The second kappa shape index (κ2) is 5.56. The van der Waals surface area contributed by atoms with Crippen molar-refractivity contribution in [1.29, 1.82) is 0 Å². The quantitative estimate of drug-likeness (QED) is 0.879. The number of nitrogens with two attached hydrogens (primary N) is 1. The van der Waals surface area contributed by atoms with Gasteiger partial charge in [-0.05, 0) is 22.9 Å². The lowest BCUT2D eigenvalue weighted by Crippen LogP contribution is -2.15. The number of fused-ring (bicyclic) bond motifs is 1. The maximum atomic E-state index is 11.6. The molecule has 0 aliphatic rings. The first-order chi connectivity index (χ1) is 7.63. The van der Waals surface area contributed by atoms with Crippen LogP contribution in [0, 0.1) is 6.92 Å². The largest absolute Gasteiger partial charge is 0.325 e. The van der Waals surface area contributed by atoms with Gasteiger partial charge in [0.25, 0.3) is 5.56 Å². The molecule has 6 heteroatoms. The van der Waals surface area contributed by atoms with Crippen molar-refractivity contribution in [3.8, 4) is 0 Å². The van der Waals surface area contributed by atoms with Crippen molar-refractivity contribution in [3.05, 3.63) is 31.6 Å². The molecular weight excluding hydrogens is 290 g/mol. The first-order valence-electron chi connectivity index (χ1n) is 5.01. The Labute approximate surface area is 106 Å². The fraction of sp³-hybridized carbons (Fsp3) is 0.400. The highest BCUT2D eigenvalue weighted by Crippen LogP contribution is 2.24. The van der Waals surface area contributed by atoms with Gasteiger partial charge in [-0.1, -0.05) is 13.8 Å². The molecule has 0 amide bonds. The third-order valence-electron chi connectivity index (χ3n) is 1.88. The Hall–Kier alpha value is -0.720. The molecule has 0 radical (unpaired) electrons. The monoisotopic (exact) mass is 303 g/mol. The summed E-state index contributed by atoms with van der Waals surface area (Å²) in [7, 11) is 0. The third kappa shape index (κ3) is 2.34. The van der Waals surface area contributed by atoms with Crippen molar-refractivity contribution in [2.75, 3.05) is 0 Å². The molecule has 0 saturated carbocycles. The highest BCUT2D eigenvalue weighted by molar-refractivity contribution is 9.10. The van der Waals surface area contributed by atoms with Gasteiger partial charge in [0.05, 0.1) is 5.69 Å². The summed E-state index contributed by atoms with van der Waals surface area (Å²) < 4.78 is 2.32. The average molecular weight is 304 g/mol. The molecule has 0 fully saturated rings. The molecule has 0 saturated heterocycles. The summed E-state index contributed by atoms with van der Waals surface area (Å²) in [5, 5.41) is 0. The summed E-state index contributed by atoms with van der Waals surface area (Å²) in [6.45, 7) is 6.23. The minimum Gasteiger partial charge on any atom is -0.325 e. The summed E-state index contributed by atoms with van der Waals surface area (Å²) in [5.74, 6) is 0. The summed E-state index contributed by atoms with van der Waals surface area (Å²) in [6, 6.07) is 1.46. The second-order valence-electron chi connectivity index (χ2n) is 2.86. The van der Waals surface area contributed by atoms with Gasteiger partial charge in [-0.3, -0.25) is 4.79 Å². The van der Waals surface area contributed by atoms with Gasteiger partial charge in [-0.2, -0.15) is 0 Å². The van der Waals surface area contributed by atoms with Crippen molar-refractivity contribution in [2.24, 2.45) is 5.73 Å². The second-order valence-corrected chi connectivity index (χ2v) is 4.79. The maximum Gasteiger partial charge on any atom is 0.259 e. The van der Waals surface area contributed by atoms with E-state index in [2.05, 4.69) is 20.9 Å². The highest BCUT2D eigenvalue weighted by atomic mass is 79.9. The Bertz CT molecular complexity index is 547. The average Bonchev–Trinajstić information content (AvgIpc) is 2.57. The van der Waals surface area contributed by atoms with E-state index in [1.807, 2.05) is 20.8 Å². The van der Waals surface area contributed by atoms with Crippen molar-refractivity contribution in [2.45, 2.75) is 27.3 Å². The van der Waals surface area contributed by atoms with Crippen LogP contribution in [0.15, 0.2) is 15.5 Å². The van der Waals surface area contributed by atoms with Crippen LogP contribution in [-0.4, -0.2) is 9.38 Å². The number of halogens is 1. The first-order valence-corrected chi connectivity index (χ1v) is 6.62. The fourth-order valence-corrected chi connectivity index (χ4v) is 2.78. The normalized spacial score (nSPS) is 10.1. The van der Waals surface area contributed by atoms with Crippen LogP contribution in [0.25, 0.3) is 4.96 Å². The van der Waals surface area contributed by atoms with Crippen LogP contribution >= 0.6 is 27.3 Å². The van der Waals surface area contributed by atoms with Crippen LogP contribution in [0.2, 0.25) is 0 Å². The minimum absolute atomic E-state index is 0.0910. The first kappa shape index (κ1) is 13.3. The number of hydrogen-bond acceptors (Lipinski definition) is 4. The number of aromatic nitrogens is 2. The lowest BCUT2D eigenvalue weighted by Gasteiger charge is -1.96. The molecule has 2 aromatic rings. The van der Waals surface area contributed by atoms with Gasteiger partial charge in [0.2, 0.25) is 0 Å². The molecule has 2 aromatic heterocycles. The molecule has 0 unspecified atom stereocenters. The zero-order valence-electron chi connectivity index (χ0n) is 9.45. The molecule has 2 N–H and O–H groups in total. The number of thiazole rings is 1. The van der Waals surface area contributed by atoms with E-state index >= 15 is 0 Å². The van der Waals surface area contributed by atoms with Crippen LogP contribution < -0.4 is 11.3 Å². The van der Waals surface area contributed by atoms with Gasteiger partial charge in [-0.25, -0.2) is 9.38 Å². The Kier molecular flexibility index (Phi) is 4.64. The Morgan fingerprint density at radius 1 is 1.56 bits per heavy atom. The van der Waals surface area contributed by atoms with Crippen LogP contribution in [0.4, 0.5) is 0 Å².